The van der Waals surface area contributed by atoms with Crippen molar-refractivity contribution in [3.8, 4) is 22.8 Å². The Labute approximate surface area is 191 Å². The Morgan fingerprint density at radius 2 is 1.66 bits per heavy atom. The molecule has 0 aliphatic heterocycles. The molecule has 0 aliphatic rings. The topological polar surface area (TPSA) is 85.4 Å². The molecule has 0 unspecified atom stereocenters. The summed E-state index contributed by atoms with van der Waals surface area (Å²) in [5, 5.41) is -0.727. The van der Waals surface area contributed by atoms with Crippen LogP contribution in [0.15, 0.2) is 36.5 Å². The van der Waals surface area contributed by atoms with Crippen LogP contribution < -0.4 is 9.46 Å². The number of amides is 1. The maximum atomic E-state index is 14.5. The minimum absolute atomic E-state index is 0.0445. The lowest BCUT2D eigenvalue weighted by molar-refractivity contribution is 0.0977. The maximum absolute atomic E-state index is 14.5. The Bertz CT molecular complexity index is 1330. The lowest BCUT2D eigenvalue weighted by atomic mass is 9.99. The van der Waals surface area contributed by atoms with Crippen LogP contribution in [0.3, 0.4) is 0 Å². The number of ether oxygens (including phenoxy) is 1. The fourth-order valence-corrected chi connectivity index (χ4v) is 3.50. The third-order valence-corrected chi connectivity index (χ3v) is 5.32. The fourth-order valence-electron chi connectivity index (χ4n) is 2.74. The van der Waals surface area contributed by atoms with Gasteiger partial charge in [-0.25, -0.2) is 31.3 Å². The van der Waals surface area contributed by atoms with E-state index >= 15 is 0 Å². The Kier molecular flexibility index (Phi) is 6.68. The highest BCUT2D eigenvalue weighted by Gasteiger charge is 2.19. The van der Waals surface area contributed by atoms with E-state index in [-0.39, 0.29) is 16.7 Å². The van der Waals surface area contributed by atoms with E-state index < -0.39 is 44.0 Å². The molecule has 1 amide bonds. The van der Waals surface area contributed by atoms with Crippen molar-refractivity contribution >= 4 is 39.1 Å². The van der Waals surface area contributed by atoms with Crippen LogP contribution in [0, 0.1) is 24.4 Å². The van der Waals surface area contributed by atoms with Crippen LogP contribution in [0.2, 0.25) is 10.0 Å². The normalized spacial score (nSPS) is 11.3. The Hall–Kier alpha value is -2.82. The summed E-state index contributed by atoms with van der Waals surface area (Å²) in [6.45, 7) is 1.57. The van der Waals surface area contributed by atoms with Crippen molar-refractivity contribution in [1.82, 2.24) is 9.71 Å². The zero-order valence-electron chi connectivity index (χ0n) is 16.3. The summed E-state index contributed by atoms with van der Waals surface area (Å²) in [6, 6.07) is 5.31. The van der Waals surface area contributed by atoms with E-state index in [1.54, 1.807) is 11.6 Å². The van der Waals surface area contributed by atoms with Crippen LogP contribution in [0.1, 0.15) is 15.9 Å². The lowest BCUT2D eigenvalue weighted by Crippen LogP contribution is -2.30. The summed E-state index contributed by atoms with van der Waals surface area (Å²) in [6.07, 6.45) is 2.05. The standard InChI is InChI=1S/C20H13Cl2F3N2O4S/c1-9-3-13(19(28)27-32(2,29)30)15(23)7-12(9)10-4-14(21)20(26-8-10)31-11-5-16(24)18(22)17(25)6-11/h3-8H,1-2H3,(H,27,28). The van der Waals surface area contributed by atoms with Crippen LogP contribution in [-0.2, 0) is 10.0 Å². The third kappa shape index (κ3) is 5.32. The van der Waals surface area contributed by atoms with Gasteiger partial charge in [-0.1, -0.05) is 23.2 Å². The van der Waals surface area contributed by atoms with Gasteiger partial charge in [0.2, 0.25) is 15.9 Å². The van der Waals surface area contributed by atoms with Gasteiger partial charge in [0.1, 0.15) is 33.2 Å². The number of nitrogens with zero attached hydrogens (tertiary/aromatic N) is 1. The van der Waals surface area contributed by atoms with E-state index in [9.17, 15) is 26.4 Å². The number of nitrogens with one attached hydrogen (secondary N) is 1. The monoisotopic (exact) mass is 504 g/mol. The lowest BCUT2D eigenvalue weighted by Gasteiger charge is -2.12. The predicted molar refractivity (Wildman–Crippen MR) is 113 cm³/mol. The molecule has 2 aromatic carbocycles. The van der Waals surface area contributed by atoms with E-state index in [1.807, 2.05) is 0 Å². The van der Waals surface area contributed by atoms with Crippen molar-refractivity contribution in [2.45, 2.75) is 6.92 Å². The van der Waals surface area contributed by atoms with Crippen molar-refractivity contribution in [3.63, 3.8) is 0 Å². The van der Waals surface area contributed by atoms with E-state index in [1.165, 1.54) is 18.3 Å². The summed E-state index contributed by atoms with van der Waals surface area (Å²) >= 11 is 11.6. The number of aromatic nitrogens is 1. The molecule has 1 heterocycles. The molecule has 168 valence electrons. The highest BCUT2D eigenvalue weighted by Crippen LogP contribution is 2.34. The number of sulfonamides is 1. The Morgan fingerprint density at radius 1 is 1.03 bits per heavy atom. The van der Waals surface area contributed by atoms with Gasteiger partial charge in [-0.3, -0.25) is 4.79 Å². The molecule has 1 N–H and O–H groups in total. The van der Waals surface area contributed by atoms with Gasteiger partial charge in [0.25, 0.3) is 5.91 Å². The van der Waals surface area contributed by atoms with Gasteiger partial charge in [-0.2, -0.15) is 0 Å². The number of carbonyl (C=O) groups excluding carboxylic acids is 1. The highest BCUT2D eigenvalue weighted by molar-refractivity contribution is 7.89. The summed E-state index contributed by atoms with van der Waals surface area (Å²) in [7, 11) is -3.87. The molecule has 3 aromatic rings. The quantitative estimate of drug-likeness (QED) is 0.478. The molecule has 0 aliphatic carbocycles. The predicted octanol–water partition coefficient (Wildman–Crippen LogP) is 5.26. The number of carbonyl (C=O) groups is 1. The molecule has 1 aromatic heterocycles. The molecule has 0 radical (unpaired) electrons. The molecule has 0 saturated carbocycles. The fraction of sp³-hybridized carbons (Fsp3) is 0.100. The molecular formula is C20H13Cl2F3N2O4S. The molecule has 0 fully saturated rings. The van der Waals surface area contributed by atoms with Gasteiger partial charge in [0.15, 0.2) is 0 Å². The molecule has 0 spiro atoms. The van der Waals surface area contributed by atoms with Crippen molar-refractivity contribution in [1.29, 1.82) is 0 Å². The smallest absolute Gasteiger partial charge is 0.267 e. The molecule has 6 nitrogen and oxygen atoms in total. The number of halogens is 5. The molecule has 0 bridgehead atoms. The zero-order chi connectivity index (χ0) is 23.8. The second kappa shape index (κ2) is 8.97. The van der Waals surface area contributed by atoms with Crippen molar-refractivity contribution in [2.24, 2.45) is 0 Å². The first kappa shape index (κ1) is 23.8. The van der Waals surface area contributed by atoms with Gasteiger partial charge in [-0.05, 0) is 36.2 Å². The summed E-state index contributed by atoms with van der Waals surface area (Å²) in [4.78, 5) is 16.0. The van der Waals surface area contributed by atoms with E-state index in [2.05, 4.69) is 4.98 Å². The van der Waals surface area contributed by atoms with Crippen LogP contribution in [-0.4, -0.2) is 25.6 Å². The van der Waals surface area contributed by atoms with Crippen molar-refractivity contribution in [2.75, 3.05) is 6.26 Å². The first-order valence-electron chi connectivity index (χ1n) is 8.66. The molecule has 32 heavy (non-hydrogen) atoms. The van der Waals surface area contributed by atoms with Crippen LogP contribution in [0.5, 0.6) is 11.6 Å². The van der Waals surface area contributed by atoms with Gasteiger partial charge < -0.3 is 4.74 Å². The average molecular weight is 505 g/mol. The Balaban J connectivity index is 1.92. The summed E-state index contributed by atoms with van der Waals surface area (Å²) in [5.74, 6) is -4.52. The van der Waals surface area contributed by atoms with Gasteiger partial charge in [0.05, 0.1) is 11.8 Å². The van der Waals surface area contributed by atoms with E-state index in [4.69, 9.17) is 27.9 Å². The number of pyridine rings is 1. The van der Waals surface area contributed by atoms with Crippen LogP contribution >= 0.6 is 23.2 Å². The second-order valence-electron chi connectivity index (χ2n) is 6.66. The van der Waals surface area contributed by atoms with Gasteiger partial charge >= 0.3 is 0 Å². The number of aryl methyl sites for hydroxylation is 1. The van der Waals surface area contributed by atoms with Gasteiger partial charge in [0, 0.05) is 23.9 Å². The minimum Gasteiger partial charge on any atom is -0.437 e. The summed E-state index contributed by atoms with van der Waals surface area (Å²) < 4.78 is 71.1. The first-order chi connectivity index (χ1) is 14.9. The zero-order valence-corrected chi connectivity index (χ0v) is 18.7. The third-order valence-electron chi connectivity index (χ3n) is 4.13. The molecule has 0 atom stereocenters. The van der Waals surface area contributed by atoms with Crippen LogP contribution in [0.25, 0.3) is 11.1 Å². The van der Waals surface area contributed by atoms with Crippen molar-refractivity contribution < 1.29 is 31.1 Å². The van der Waals surface area contributed by atoms with Crippen molar-refractivity contribution in [3.05, 3.63) is 75.2 Å². The van der Waals surface area contributed by atoms with E-state index in [0.717, 1.165) is 24.5 Å². The molecule has 0 saturated heterocycles. The van der Waals surface area contributed by atoms with E-state index in [0.29, 0.717) is 16.7 Å². The minimum atomic E-state index is -3.87. The number of hydrogen-bond donors (Lipinski definition) is 1. The average Bonchev–Trinajstić information content (AvgIpc) is 2.67. The summed E-state index contributed by atoms with van der Waals surface area (Å²) in [5.41, 5.74) is 0.645. The van der Waals surface area contributed by atoms with Crippen LogP contribution in [0.4, 0.5) is 13.2 Å². The number of benzene rings is 2. The highest BCUT2D eigenvalue weighted by atomic mass is 35.5. The number of hydrogen-bond acceptors (Lipinski definition) is 5. The second-order valence-corrected chi connectivity index (χ2v) is 9.20. The maximum Gasteiger partial charge on any atom is 0.267 e. The largest absolute Gasteiger partial charge is 0.437 e. The SMILES string of the molecule is Cc1cc(C(=O)NS(C)(=O)=O)c(F)cc1-c1cnc(Oc2cc(F)c(Cl)c(F)c2)c(Cl)c1. The molecule has 3 rings (SSSR count). The molecule has 12 heteroatoms. The molecular weight excluding hydrogens is 492 g/mol. The first-order valence-corrected chi connectivity index (χ1v) is 11.3. The number of rotatable bonds is 5. The van der Waals surface area contributed by atoms with Gasteiger partial charge in [-0.15, -0.1) is 0 Å². The Morgan fingerprint density at radius 3 is 2.22 bits per heavy atom.